The predicted octanol–water partition coefficient (Wildman–Crippen LogP) is 4.97. The van der Waals surface area contributed by atoms with Crippen molar-refractivity contribution in [2.75, 3.05) is 13.2 Å². The number of hydrogen-bond donors (Lipinski definition) is 2. The standard InChI is InChI=1S/C19H39NO2/c1-2-3-4-5-6-7-8-9-10-11-12-13-14-15-16-19(22)20-17-18-21/h21H,2-18H2,1H3,(H,20,22). The van der Waals surface area contributed by atoms with E-state index in [0.717, 1.165) is 12.8 Å². The molecule has 0 aromatic carbocycles. The van der Waals surface area contributed by atoms with Crippen LogP contribution in [-0.4, -0.2) is 24.2 Å². The highest BCUT2D eigenvalue weighted by atomic mass is 16.3. The molecule has 0 rings (SSSR count). The molecule has 0 aliphatic rings. The Balaban J connectivity index is 3.04. The van der Waals surface area contributed by atoms with Crippen LogP contribution >= 0.6 is 0 Å². The Morgan fingerprint density at radius 2 is 1.14 bits per heavy atom. The van der Waals surface area contributed by atoms with Crippen LogP contribution in [0.15, 0.2) is 0 Å². The van der Waals surface area contributed by atoms with E-state index in [-0.39, 0.29) is 12.5 Å². The highest BCUT2D eigenvalue weighted by Gasteiger charge is 1.99. The maximum absolute atomic E-state index is 11.3. The smallest absolute Gasteiger partial charge is 0.220 e. The largest absolute Gasteiger partial charge is 0.395 e. The first-order valence-corrected chi connectivity index (χ1v) is 9.68. The molecular formula is C19H39NO2. The van der Waals surface area contributed by atoms with Gasteiger partial charge >= 0.3 is 0 Å². The summed E-state index contributed by atoms with van der Waals surface area (Å²) >= 11 is 0. The van der Waals surface area contributed by atoms with E-state index in [1.54, 1.807) is 0 Å². The Morgan fingerprint density at radius 3 is 1.55 bits per heavy atom. The molecule has 0 aromatic rings. The number of rotatable bonds is 17. The fourth-order valence-electron chi connectivity index (χ4n) is 2.76. The van der Waals surface area contributed by atoms with Crippen molar-refractivity contribution < 1.29 is 9.90 Å². The van der Waals surface area contributed by atoms with Crippen molar-refractivity contribution in [2.24, 2.45) is 0 Å². The number of hydrogen-bond acceptors (Lipinski definition) is 2. The van der Waals surface area contributed by atoms with Crippen molar-refractivity contribution in [3.63, 3.8) is 0 Å². The lowest BCUT2D eigenvalue weighted by Crippen LogP contribution is -2.25. The van der Waals surface area contributed by atoms with Crippen LogP contribution in [-0.2, 0) is 4.79 Å². The van der Waals surface area contributed by atoms with Gasteiger partial charge in [-0.2, -0.15) is 0 Å². The van der Waals surface area contributed by atoms with Crippen LogP contribution in [0, 0.1) is 0 Å². The van der Waals surface area contributed by atoms with Crippen LogP contribution in [0.2, 0.25) is 0 Å². The zero-order chi connectivity index (χ0) is 16.3. The number of aliphatic hydroxyl groups is 1. The zero-order valence-corrected chi connectivity index (χ0v) is 14.9. The molecule has 0 fully saturated rings. The topological polar surface area (TPSA) is 49.3 Å². The SMILES string of the molecule is CCCCCCCCCCCCCCCCC(=O)NCCO. The monoisotopic (exact) mass is 313 g/mol. The molecular weight excluding hydrogens is 274 g/mol. The molecule has 0 atom stereocenters. The van der Waals surface area contributed by atoms with E-state index in [9.17, 15) is 4.79 Å². The van der Waals surface area contributed by atoms with Gasteiger partial charge in [-0.3, -0.25) is 4.79 Å². The van der Waals surface area contributed by atoms with Gasteiger partial charge < -0.3 is 10.4 Å². The molecule has 132 valence electrons. The van der Waals surface area contributed by atoms with E-state index in [4.69, 9.17) is 5.11 Å². The summed E-state index contributed by atoms with van der Waals surface area (Å²) in [6, 6.07) is 0. The van der Waals surface area contributed by atoms with Crippen molar-refractivity contribution >= 4 is 5.91 Å². The molecule has 0 spiro atoms. The van der Waals surface area contributed by atoms with Crippen LogP contribution in [0.3, 0.4) is 0 Å². The second-order valence-corrected chi connectivity index (χ2v) is 6.42. The van der Waals surface area contributed by atoms with E-state index >= 15 is 0 Å². The molecule has 0 heterocycles. The molecule has 3 heteroatoms. The van der Waals surface area contributed by atoms with Gasteiger partial charge in [-0.05, 0) is 6.42 Å². The molecule has 0 saturated carbocycles. The summed E-state index contributed by atoms with van der Waals surface area (Å²) in [5, 5.41) is 11.3. The lowest BCUT2D eigenvalue weighted by atomic mass is 10.0. The maximum atomic E-state index is 11.3. The van der Waals surface area contributed by atoms with Gasteiger partial charge in [-0.25, -0.2) is 0 Å². The van der Waals surface area contributed by atoms with Gasteiger partial charge in [0, 0.05) is 13.0 Å². The Kier molecular flexibility index (Phi) is 18.0. The summed E-state index contributed by atoms with van der Waals surface area (Å²) in [5.41, 5.74) is 0. The number of nitrogens with one attached hydrogen (secondary N) is 1. The summed E-state index contributed by atoms with van der Waals surface area (Å²) in [6.07, 6.45) is 19.3. The van der Waals surface area contributed by atoms with E-state index in [2.05, 4.69) is 12.2 Å². The highest BCUT2D eigenvalue weighted by molar-refractivity contribution is 5.75. The molecule has 0 unspecified atom stereocenters. The van der Waals surface area contributed by atoms with E-state index in [0.29, 0.717) is 13.0 Å². The van der Waals surface area contributed by atoms with Crippen LogP contribution in [0.1, 0.15) is 103 Å². The number of carbonyl (C=O) groups is 1. The second-order valence-electron chi connectivity index (χ2n) is 6.42. The number of aliphatic hydroxyl groups excluding tert-OH is 1. The van der Waals surface area contributed by atoms with E-state index in [1.807, 2.05) is 0 Å². The minimum atomic E-state index is 0.0322. The molecule has 0 bridgehead atoms. The maximum Gasteiger partial charge on any atom is 0.220 e. The van der Waals surface area contributed by atoms with Crippen molar-refractivity contribution in [3.8, 4) is 0 Å². The number of amides is 1. The van der Waals surface area contributed by atoms with E-state index < -0.39 is 0 Å². The van der Waals surface area contributed by atoms with Gasteiger partial charge in [-0.1, -0.05) is 90.4 Å². The average molecular weight is 314 g/mol. The molecule has 0 aromatic heterocycles. The lowest BCUT2D eigenvalue weighted by Gasteiger charge is -2.04. The van der Waals surface area contributed by atoms with Crippen LogP contribution in [0.5, 0.6) is 0 Å². The van der Waals surface area contributed by atoms with Crippen LogP contribution < -0.4 is 5.32 Å². The van der Waals surface area contributed by atoms with Gasteiger partial charge in [0.05, 0.1) is 6.61 Å². The zero-order valence-electron chi connectivity index (χ0n) is 14.9. The van der Waals surface area contributed by atoms with Crippen molar-refractivity contribution in [1.29, 1.82) is 0 Å². The van der Waals surface area contributed by atoms with Crippen molar-refractivity contribution in [3.05, 3.63) is 0 Å². The molecule has 2 N–H and O–H groups in total. The average Bonchev–Trinajstić information content (AvgIpc) is 2.53. The first-order chi connectivity index (χ1) is 10.8. The molecule has 22 heavy (non-hydrogen) atoms. The third-order valence-corrected chi connectivity index (χ3v) is 4.19. The Hall–Kier alpha value is -0.570. The second kappa shape index (κ2) is 18.5. The Morgan fingerprint density at radius 1 is 0.727 bits per heavy atom. The summed E-state index contributed by atoms with van der Waals surface area (Å²) in [6.45, 7) is 2.69. The van der Waals surface area contributed by atoms with Crippen LogP contribution in [0.25, 0.3) is 0 Å². The van der Waals surface area contributed by atoms with Crippen molar-refractivity contribution in [1.82, 2.24) is 5.32 Å². The fraction of sp³-hybridized carbons (Fsp3) is 0.947. The van der Waals surface area contributed by atoms with Gasteiger partial charge in [0.15, 0.2) is 0 Å². The van der Waals surface area contributed by atoms with Crippen molar-refractivity contribution in [2.45, 2.75) is 103 Å². The summed E-state index contributed by atoms with van der Waals surface area (Å²) < 4.78 is 0. The summed E-state index contributed by atoms with van der Waals surface area (Å²) in [4.78, 5) is 11.3. The highest BCUT2D eigenvalue weighted by Crippen LogP contribution is 2.13. The molecule has 0 aliphatic heterocycles. The number of carbonyl (C=O) groups excluding carboxylic acids is 1. The molecule has 1 amide bonds. The van der Waals surface area contributed by atoms with Gasteiger partial charge in [-0.15, -0.1) is 0 Å². The first-order valence-electron chi connectivity index (χ1n) is 9.68. The minimum Gasteiger partial charge on any atom is -0.395 e. The van der Waals surface area contributed by atoms with Gasteiger partial charge in [0.2, 0.25) is 5.91 Å². The molecule has 0 saturated heterocycles. The van der Waals surface area contributed by atoms with Gasteiger partial charge in [0.25, 0.3) is 0 Å². The first kappa shape index (κ1) is 21.4. The third-order valence-electron chi connectivity index (χ3n) is 4.19. The quantitative estimate of drug-likeness (QED) is 0.373. The third kappa shape index (κ3) is 17.5. The molecule has 0 radical (unpaired) electrons. The Bertz CT molecular complexity index is 231. The fourth-order valence-corrected chi connectivity index (χ4v) is 2.76. The van der Waals surface area contributed by atoms with Gasteiger partial charge in [0.1, 0.15) is 0 Å². The normalized spacial score (nSPS) is 10.8. The Labute approximate surface area is 138 Å². The molecule has 3 nitrogen and oxygen atoms in total. The van der Waals surface area contributed by atoms with Crippen LogP contribution in [0.4, 0.5) is 0 Å². The molecule has 0 aliphatic carbocycles. The number of unbranched alkanes of at least 4 members (excludes halogenated alkanes) is 13. The van der Waals surface area contributed by atoms with E-state index in [1.165, 1.54) is 77.0 Å². The predicted molar refractivity (Wildman–Crippen MR) is 95.0 cm³/mol. The lowest BCUT2D eigenvalue weighted by molar-refractivity contribution is -0.121. The summed E-state index contributed by atoms with van der Waals surface area (Å²) in [7, 11) is 0. The summed E-state index contributed by atoms with van der Waals surface area (Å²) in [5.74, 6) is 0.0768. The minimum absolute atomic E-state index is 0.0322.